The Balaban J connectivity index is 2.22. The van der Waals surface area contributed by atoms with Crippen LogP contribution in [0.1, 0.15) is 38.7 Å². The molecule has 0 saturated heterocycles. The fourth-order valence-electron chi connectivity index (χ4n) is 2.00. The molecule has 8 heteroatoms. The Hall–Kier alpha value is -1.22. The number of rotatable bonds is 11. The number of hydrazine groups is 1. The first-order valence-corrected chi connectivity index (χ1v) is 10.1. The molecule has 0 aliphatic rings. The number of unbranched alkanes of at least 4 members (excludes halogenated alkanes) is 2. The summed E-state index contributed by atoms with van der Waals surface area (Å²) >= 11 is 4.10. The zero-order valence-corrected chi connectivity index (χ0v) is 16.0. The number of hydrogen-bond acceptors (Lipinski definition) is 6. The first-order valence-electron chi connectivity index (χ1n) is 8.04. The number of sulfonamides is 1. The molecule has 24 heavy (non-hydrogen) atoms. The van der Waals surface area contributed by atoms with Gasteiger partial charge in [0.2, 0.25) is 10.0 Å². The van der Waals surface area contributed by atoms with E-state index in [1.165, 1.54) is 0 Å². The zero-order chi connectivity index (χ0) is 18.0. The Bertz CT molecular complexity index is 613. The van der Waals surface area contributed by atoms with Gasteiger partial charge in [0, 0.05) is 18.8 Å². The van der Waals surface area contributed by atoms with Crippen LogP contribution < -0.4 is 21.3 Å². The van der Waals surface area contributed by atoms with Gasteiger partial charge in [0.15, 0.2) is 0 Å². The Morgan fingerprint density at radius 1 is 1.17 bits per heavy atom. The summed E-state index contributed by atoms with van der Waals surface area (Å²) in [5.74, 6) is 5.41. The van der Waals surface area contributed by atoms with Gasteiger partial charge in [-0.3, -0.25) is 5.84 Å². The lowest BCUT2D eigenvalue weighted by atomic mass is 10.1. The molecule has 0 atom stereocenters. The van der Waals surface area contributed by atoms with E-state index in [9.17, 15) is 8.42 Å². The summed E-state index contributed by atoms with van der Waals surface area (Å²) in [6.45, 7) is 4.70. The van der Waals surface area contributed by atoms with E-state index in [4.69, 9.17) is 5.84 Å². The van der Waals surface area contributed by atoms with E-state index in [1.54, 1.807) is 19.3 Å². The molecular formula is C16H28N4O2S2. The van der Waals surface area contributed by atoms with Crippen molar-refractivity contribution >= 4 is 34.0 Å². The van der Waals surface area contributed by atoms with Crippen molar-refractivity contribution in [1.29, 1.82) is 0 Å². The first-order chi connectivity index (χ1) is 11.4. The third-order valence-electron chi connectivity index (χ3n) is 3.59. The second-order valence-corrected chi connectivity index (χ2v) is 8.32. The fourth-order valence-corrected chi connectivity index (χ4v) is 2.99. The second kappa shape index (κ2) is 10.6. The van der Waals surface area contributed by atoms with Gasteiger partial charge in [-0.15, -0.1) is 12.6 Å². The molecule has 0 amide bonds. The van der Waals surface area contributed by atoms with Gasteiger partial charge in [-0.25, -0.2) is 13.1 Å². The van der Waals surface area contributed by atoms with Crippen molar-refractivity contribution < 1.29 is 8.42 Å². The third-order valence-corrected chi connectivity index (χ3v) is 5.69. The van der Waals surface area contributed by atoms with Gasteiger partial charge in [-0.2, -0.15) is 0 Å². The molecule has 1 aromatic carbocycles. The van der Waals surface area contributed by atoms with Crippen LogP contribution in [-0.4, -0.2) is 26.8 Å². The molecule has 0 fully saturated rings. The maximum Gasteiger partial charge on any atom is 0.213 e. The van der Waals surface area contributed by atoms with Gasteiger partial charge in [-0.1, -0.05) is 18.6 Å². The van der Waals surface area contributed by atoms with Crippen LogP contribution in [-0.2, 0) is 10.0 Å². The summed E-state index contributed by atoms with van der Waals surface area (Å²) in [6, 6.07) is 7.90. The number of nitrogens with two attached hydrogens (primary N) is 1. The van der Waals surface area contributed by atoms with Crippen molar-refractivity contribution in [2.24, 2.45) is 5.84 Å². The largest absolute Gasteiger partial charge is 0.385 e. The predicted molar refractivity (Wildman–Crippen MR) is 105 cm³/mol. The highest BCUT2D eigenvalue weighted by atomic mass is 32.2. The number of anilines is 1. The maximum absolute atomic E-state index is 11.6. The van der Waals surface area contributed by atoms with Gasteiger partial charge in [0.25, 0.3) is 0 Å². The number of hydrogen-bond donors (Lipinski definition) is 5. The van der Waals surface area contributed by atoms with Crippen LogP contribution in [0, 0.1) is 0 Å². The standard InChI is InChI=1S/C16H28N4O2S2/c1-13(2)24(21,22)19-11-5-3-4-10-18-15-8-6-14(7-9-15)16(12-23)20-17/h6-9,12-13,18-20,23H,3-5,10-11,17H2,1-2H3/b16-12-. The number of thiol groups is 1. The van der Waals surface area contributed by atoms with Gasteiger partial charge in [0.1, 0.15) is 0 Å². The highest BCUT2D eigenvalue weighted by Gasteiger charge is 2.13. The zero-order valence-electron chi connectivity index (χ0n) is 14.2. The van der Waals surface area contributed by atoms with E-state index in [-0.39, 0.29) is 5.25 Å². The average Bonchev–Trinajstić information content (AvgIpc) is 2.56. The lowest BCUT2D eigenvalue weighted by Gasteiger charge is -2.10. The Morgan fingerprint density at radius 2 is 1.79 bits per heavy atom. The fraction of sp³-hybridized carbons (Fsp3) is 0.500. The lowest BCUT2D eigenvalue weighted by Crippen LogP contribution is -2.31. The molecule has 0 unspecified atom stereocenters. The average molecular weight is 373 g/mol. The summed E-state index contributed by atoms with van der Waals surface area (Å²) in [4.78, 5) is 0. The van der Waals surface area contributed by atoms with Crippen LogP contribution in [0.25, 0.3) is 5.70 Å². The Morgan fingerprint density at radius 3 is 2.33 bits per heavy atom. The van der Waals surface area contributed by atoms with E-state index < -0.39 is 10.0 Å². The van der Waals surface area contributed by atoms with E-state index in [2.05, 4.69) is 28.1 Å². The van der Waals surface area contributed by atoms with Crippen LogP contribution in [0.4, 0.5) is 5.69 Å². The van der Waals surface area contributed by atoms with Crippen molar-refractivity contribution in [2.45, 2.75) is 38.4 Å². The SMILES string of the molecule is CC(C)S(=O)(=O)NCCCCCNc1ccc(/C(=C/S)NN)cc1. The van der Waals surface area contributed by atoms with Gasteiger partial charge < -0.3 is 10.7 Å². The lowest BCUT2D eigenvalue weighted by molar-refractivity contribution is 0.566. The second-order valence-electron chi connectivity index (χ2n) is 5.74. The van der Waals surface area contributed by atoms with Crippen LogP contribution >= 0.6 is 12.6 Å². The van der Waals surface area contributed by atoms with Crippen LogP contribution in [0.3, 0.4) is 0 Å². The minimum atomic E-state index is -3.14. The highest BCUT2D eigenvalue weighted by Crippen LogP contribution is 2.15. The third kappa shape index (κ3) is 7.12. The van der Waals surface area contributed by atoms with E-state index in [1.807, 2.05) is 24.3 Å². The van der Waals surface area contributed by atoms with Crippen molar-refractivity contribution in [2.75, 3.05) is 18.4 Å². The summed E-state index contributed by atoms with van der Waals surface area (Å²) < 4.78 is 25.8. The molecule has 1 aromatic rings. The molecule has 6 nitrogen and oxygen atoms in total. The van der Waals surface area contributed by atoms with E-state index in [0.29, 0.717) is 6.54 Å². The Labute approximate surface area is 150 Å². The molecule has 0 aliphatic carbocycles. The molecule has 0 saturated carbocycles. The van der Waals surface area contributed by atoms with Gasteiger partial charge in [0.05, 0.1) is 10.9 Å². The van der Waals surface area contributed by atoms with Crippen LogP contribution in [0.5, 0.6) is 0 Å². The molecule has 0 heterocycles. The molecule has 5 N–H and O–H groups in total. The molecule has 1 rings (SSSR count). The molecule has 0 spiro atoms. The van der Waals surface area contributed by atoms with E-state index >= 15 is 0 Å². The molecule has 136 valence electrons. The smallest absolute Gasteiger partial charge is 0.213 e. The van der Waals surface area contributed by atoms with Crippen molar-refractivity contribution in [3.8, 4) is 0 Å². The highest BCUT2D eigenvalue weighted by molar-refractivity contribution is 7.90. The first kappa shape index (κ1) is 20.8. The predicted octanol–water partition coefficient (Wildman–Crippen LogP) is 2.29. The summed E-state index contributed by atoms with van der Waals surface area (Å²) in [7, 11) is -3.14. The number of benzene rings is 1. The normalized spacial score (nSPS) is 12.5. The molecule has 0 aliphatic heterocycles. The van der Waals surface area contributed by atoms with Crippen molar-refractivity contribution in [3.05, 3.63) is 35.2 Å². The minimum Gasteiger partial charge on any atom is -0.385 e. The van der Waals surface area contributed by atoms with Gasteiger partial charge in [-0.05, 0) is 49.8 Å². The molecular weight excluding hydrogens is 344 g/mol. The molecule has 0 aromatic heterocycles. The summed E-state index contributed by atoms with van der Waals surface area (Å²) in [6.07, 6.45) is 2.79. The van der Waals surface area contributed by atoms with Crippen molar-refractivity contribution in [1.82, 2.24) is 10.1 Å². The van der Waals surface area contributed by atoms with E-state index in [0.717, 1.165) is 42.8 Å². The minimum absolute atomic E-state index is 0.380. The van der Waals surface area contributed by atoms with Crippen molar-refractivity contribution in [3.63, 3.8) is 0 Å². The number of nitrogens with one attached hydrogen (secondary N) is 3. The van der Waals surface area contributed by atoms with Crippen LogP contribution in [0.2, 0.25) is 0 Å². The topological polar surface area (TPSA) is 96.2 Å². The monoisotopic (exact) mass is 372 g/mol. The molecule has 0 bridgehead atoms. The Kier molecular flexibility index (Phi) is 9.20. The molecule has 0 radical (unpaired) electrons. The summed E-state index contributed by atoms with van der Waals surface area (Å²) in [5.41, 5.74) is 5.36. The van der Waals surface area contributed by atoms with Gasteiger partial charge >= 0.3 is 0 Å². The maximum atomic E-state index is 11.6. The van der Waals surface area contributed by atoms with Crippen LogP contribution in [0.15, 0.2) is 29.7 Å². The summed E-state index contributed by atoms with van der Waals surface area (Å²) in [5, 5.41) is 4.58. The quantitative estimate of drug-likeness (QED) is 0.178.